The molecule has 0 radical (unpaired) electrons. The van der Waals surface area contributed by atoms with E-state index in [0.29, 0.717) is 11.4 Å². The largest absolute Gasteiger partial charge is 0.382 e. The lowest BCUT2D eigenvalue weighted by atomic mass is 10.0. The smallest absolute Gasteiger partial charge is 0.145 e. The maximum absolute atomic E-state index is 13.8. The minimum absolute atomic E-state index is 0.278. The number of rotatable bonds is 2. The molecular weight excluding hydrogens is 253 g/mol. The molecule has 3 rings (SSSR count). The molecule has 3 nitrogen and oxygen atoms in total. The summed E-state index contributed by atoms with van der Waals surface area (Å²) in [5, 5.41) is 0. The third-order valence-corrected chi connectivity index (χ3v) is 3.46. The molecule has 20 heavy (non-hydrogen) atoms. The number of anilines is 1. The fraction of sp³-hybridized carbons (Fsp3) is 0.0625. The van der Waals surface area contributed by atoms with E-state index in [1.807, 2.05) is 35.7 Å². The fourth-order valence-corrected chi connectivity index (χ4v) is 2.34. The van der Waals surface area contributed by atoms with E-state index in [9.17, 15) is 4.39 Å². The SMILES string of the molecule is C=Cc1c(F)cccc1-c1ccc2nc(N)c(C)n2c1. The van der Waals surface area contributed by atoms with E-state index >= 15 is 0 Å². The Balaban J connectivity index is 2.27. The first-order chi connectivity index (χ1) is 9.61. The van der Waals surface area contributed by atoms with Gasteiger partial charge in [0.25, 0.3) is 0 Å². The predicted octanol–water partition coefficient (Wildman–Crippen LogP) is 3.67. The van der Waals surface area contributed by atoms with Crippen molar-refractivity contribution in [2.45, 2.75) is 6.92 Å². The number of halogens is 1. The summed E-state index contributed by atoms with van der Waals surface area (Å²) in [7, 11) is 0. The standard InChI is InChI=1S/C16H14FN3/c1-3-12-13(5-4-6-14(12)17)11-7-8-15-19-16(18)10(2)20(15)9-11/h3-9H,1,18H2,2H3. The second-order valence-corrected chi connectivity index (χ2v) is 4.63. The van der Waals surface area contributed by atoms with Gasteiger partial charge in [0.15, 0.2) is 0 Å². The van der Waals surface area contributed by atoms with Crippen molar-refractivity contribution >= 4 is 17.5 Å². The molecule has 0 atom stereocenters. The number of pyridine rings is 1. The summed E-state index contributed by atoms with van der Waals surface area (Å²) in [5.74, 6) is 0.227. The molecule has 100 valence electrons. The van der Waals surface area contributed by atoms with Crippen LogP contribution in [0, 0.1) is 12.7 Å². The van der Waals surface area contributed by atoms with Gasteiger partial charge in [0.2, 0.25) is 0 Å². The van der Waals surface area contributed by atoms with Crippen LogP contribution in [0.4, 0.5) is 10.2 Å². The monoisotopic (exact) mass is 267 g/mol. The Morgan fingerprint density at radius 1 is 1.30 bits per heavy atom. The number of imidazole rings is 1. The summed E-state index contributed by atoms with van der Waals surface area (Å²) in [6, 6.07) is 8.77. The van der Waals surface area contributed by atoms with Crippen molar-refractivity contribution in [2.75, 3.05) is 5.73 Å². The first-order valence-corrected chi connectivity index (χ1v) is 6.27. The molecule has 1 aromatic carbocycles. The molecule has 0 aliphatic heterocycles. The molecule has 0 saturated heterocycles. The van der Waals surface area contributed by atoms with Gasteiger partial charge in [-0.05, 0) is 36.2 Å². The second kappa shape index (κ2) is 4.49. The Labute approximate surface area is 116 Å². The number of nitrogens with zero attached hydrogens (tertiary/aromatic N) is 2. The lowest BCUT2D eigenvalue weighted by Gasteiger charge is -2.08. The minimum atomic E-state index is -0.278. The molecular formula is C16H14FN3. The molecule has 2 N–H and O–H groups in total. The first kappa shape index (κ1) is 12.4. The zero-order chi connectivity index (χ0) is 14.3. The Bertz CT molecular complexity index is 818. The summed E-state index contributed by atoms with van der Waals surface area (Å²) >= 11 is 0. The molecule has 2 heterocycles. The van der Waals surface area contributed by atoms with Crippen LogP contribution in [-0.2, 0) is 0 Å². The molecule has 0 saturated carbocycles. The molecule has 0 aliphatic rings. The Morgan fingerprint density at radius 3 is 2.85 bits per heavy atom. The number of benzene rings is 1. The van der Waals surface area contributed by atoms with Gasteiger partial charge in [0.05, 0.1) is 5.69 Å². The number of nitrogens with two attached hydrogens (primary N) is 1. The van der Waals surface area contributed by atoms with E-state index < -0.39 is 0 Å². The van der Waals surface area contributed by atoms with Gasteiger partial charge in [-0.3, -0.25) is 0 Å². The summed E-state index contributed by atoms with van der Waals surface area (Å²) in [6.07, 6.45) is 3.44. The van der Waals surface area contributed by atoms with Crippen LogP contribution in [-0.4, -0.2) is 9.38 Å². The highest BCUT2D eigenvalue weighted by Gasteiger charge is 2.10. The molecule has 0 fully saturated rings. The average molecular weight is 267 g/mol. The van der Waals surface area contributed by atoms with E-state index in [1.54, 1.807) is 6.07 Å². The molecule has 2 aromatic heterocycles. The van der Waals surface area contributed by atoms with Gasteiger partial charge in [-0.25, -0.2) is 9.37 Å². The number of hydrogen-bond donors (Lipinski definition) is 1. The predicted molar refractivity (Wildman–Crippen MR) is 79.8 cm³/mol. The van der Waals surface area contributed by atoms with Crippen molar-refractivity contribution in [3.05, 3.63) is 60.2 Å². The van der Waals surface area contributed by atoms with Gasteiger partial charge in [0, 0.05) is 11.8 Å². The summed E-state index contributed by atoms with van der Waals surface area (Å²) in [6.45, 7) is 5.58. The molecule has 0 aliphatic carbocycles. The lowest BCUT2D eigenvalue weighted by molar-refractivity contribution is 0.625. The van der Waals surface area contributed by atoms with Gasteiger partial charge in [0.1, 0.15) is 17.3 Å². The summed E-state index contributed by atoms with van der Waals surface area (Å²) in [5.41, 5.74) is 9.66. The minimum Gasteiger partial charge on any atom is -0.382 e. The Kier molecular flexibility index (Phi) is 2.79. The molecule has 0 bridgehead atoms. The van der Waals surface area contributed by atoms with Crippen molar-refractivity contribution < 1.29 is 4.39 Å². The van der Waals surface area contributed by atoms with Gasteiger partial charge < -0.3 is 10.1 Å². The zero-order valence-corrected chi connectivity index (χ0v) is 11.1. The van der Waals surface area contributed by atoms with E-state index in [4.69, 9.17) is 5.73 Å². The third-order valence-electron chi connectivity index (χ3n) is 3.46. The highest BCUT2D eigenvalue weighted by atomic mass is 19.1. The number of hydrogen-bond acceptors (Lipinski definition) is 2. The number of nitrogen functional groups attached to an aromatic ring is 1. The molecule has 0 spiro atoms. The number of aromatic nitrogens is 2. The van der Waals surface area contributed by atoms with Crippen LogP contribution >= 0.6 is 0 Å². The van der Waals surface area contributed by atoms with Crippen LogP contribution in [0.1, 0.15) is 11.3 Å². The summed E-state index contributed by atoms with van der Waals surface area (Å²) in [4.78, 5) is 4.25. The maximum atomic E-state index is 13.8. The van der Waals surface area contributed by atoms with Crippen LogP contribution < -0.4 is 5.73 Å². The van der Waals surface area contributed by atoms with Gasteiger partial charge in [-0.2, -0.15) is 0 Å². The van der Waals surface area contributed by atoms with Crippen molar-refractivity contribution in [3.63, 3.8) is 0 Å². The third kappa shape index (κ3) is 1.77. The highest BCUT2D eigenvalue weighted by Crippen LogP contribution is 2.28. The van der Waals surface area contributed by atoms with Crippen LogP contribution in [0.5, 0.6) is 0 Å². The maximum Gasteiger partial charge on any atom is 0.145 e. The summed E-state index contributed by atoms with van der Waals surface area (Å²) < 4.78 is 15.7. The van der Waals surface area contributed by atoms with Crippen molar-refractivity contribution in [2.24, 2.45) is 0 Å². The fourth-order valence-electron chi connectivity index (χ4n) is 2.34. The van der Waals surface area contributed by atoms with Crippen LogP contribution in [0.3, 0.4) is 0 Å². The normalized spacial score (nSPS) is 10.9. The van der Waals surface area contributed by atoms with Gasteiger partial charge in [-0.15, -0.1) is 0 Å². The van der Waals surface area contributed by atoms with E-state index in [-0.39, 0.29) is 5.82 Å². The zero-order valence-electron chi connectivity index (χ0n) is 11.1. The topological polar surface area (TPSA) is 43.3 Å². The Morgan fingerprint density at radius 2 is 2.10 bits per heavy atom. The molecule has 3 aromatic rings. The van der Waals surface area contributed by atoms with E-state index in [1.165, 1.54) is 12.1 Å². The van der Waals surface area contributed by atoms with Crippen LogP contribution in [0.25, 0.3) is 22.9 Å². The van der Waals surface area contributed by atoms with E-state index in [2.05, 4.69) is 11.6 Å². The van der Waals surface area contributed by atoms with Crippen molar-refractivity contribution in [1.82, 2.24) is 9.38 Å². The molecule has 0 amide bonds. The highest BCUT2D eigenvalue weighted by molar-refractivity contribution is 5.75. The van der Waals surface area contributed by atoms with Crippen LogP contribution in [0.2, 0.25) is 0 Å². The van der Waals surface area contributed by atoms with Gasteiger partial charge in [-0.1, -0.05) is 24.8 Å². The number of fused-ring (bicyclic) bond motifs is 1. The first-order valence-electron chi connectivity index (χ1n) is 6.27. The average Bonchev–Trinajstić information content (AvgIpc) is 2.73. The van der Waals surface area contributed by atoms with Crippen LogP contribution in [0.15, 0.2) is 43.1 Å². The van der Waals surface area contributed by atoms with Crippen molar-refractivity contribution in [1.29, 1.82) is 0 Å². The lowest BCUT2D eigenvalue weighted by Crippen LogP contribution is -1.93. The molecule has 0 unspecified atom stereocenters. The second-order valence-electron chi connectivity index (χ2n) is 4.63. The number of aryl methyl sites for hydroxylation is 1. The quantitative estimate of drug-likeness (QED) is 0.769. The van der Waals surface area contributed by atoms with E-state index in [0.717, 1.165) is 22.5 Å². The Hall–Kier alpha value is -2.62. The van der Waals surface area contributed by atoms with Gasteiger partial charge >= 0.3 is 0 Å². The van der Waals surface area contributed by atoms with Crippen molar-refractivity contribution in [3.8, 4) is 11.1 Å². The molecule has 4 heteroatoms.